The summed E-state index contributed by atoms with van der Waals surface area (Å²) < 4.78 is 13.0. The number of hydrogen-bond donors (Lipinski definition) is 0. The van der Waals surface area contributed by atoms with Gasteiger partial charge >= 0.3 is 0 Å². The number of hydrogen-bond acceptors (Lipinski definition) is 7. The minimum absolute atomic E-state index is 0.419. The molecule has 2 aromatic carbocycles. The smallest absolute Gasteiger partial charge is 0.153 e. The Morgan fingerprint density at radius 3 is 2.90 bits per heavy atom. The summed E-state index contributed by atoms with van der Waals surface area (Å²) in [4.78, 5) is 0. The van der Waals surface area contributed by atoms with Gasteiger partial charge in [0, 0.05) is 11.6 Å². The molecule has 0 saturated heterocycles. The lowest BCUT2D eigenvalue weighted by molar-refractivity contribution is 0.315. The van der Waals surface area contributed by atoms with Crippen LogP contribution in [0.15, 0.2) is 28.9 Å². The molecule has 2 heterocycles. The Labute approximate surface area is 116 Å². The van der Waals surface area contributed by atoms with Crippen LogP contribution in [0.5, 0.6) is 0 Å². The third-order valence-electron chi connectivity index (χ3n) is 3.00. The van der Waals surface area contributed by atoms with E-state index in [1.54, 1.807) is 6.07 Å². The summed E-state index contributed by atoms with van der Waals surface area (Å²) in [5.74, 6) is 0. The SMILES string of the molecule is N#Cc1c(-c2[c]c3nsnc3cc2)ccc2nonc12. The predicted molar refractivity (Wildman–Crippen MR) is 71.8 cm³/mol. The van der Waals surface area contributed by atoms with Crippen molar-refractivity contribution < 1.29 is 4.63 Å². The van der Waals surface area contributed by atoms with Gasteiger partial charge in [0.25, 0.3) is 0 Å². The lowest BCUT2D eigenvalue weighted by atomic mass is 9.99. The molecule has 2 aromatic heterocycles. The zero-order chi connectivity index (χ0) is 13.5. The molecule has 0 fully saturated rings. The summed E-state index contributed by atoms with van der Waals surface area (Å²) in [5.41, 5.74) is 4.41. The summed E-state index contributed by atoms with van der Waals surface area (Å²) in [6, 6.07) is 12.6. The van der Waals surface area contributed by atoms with Gasteiger partial charge in [-0.3, -0.25) is 0 Å². The molecule has 0 N–H and O–H groups in total. The average Bonchev–Trinajstić information content (AvgIpc) is 3.13. The van der Waals surface area contributed by atoms with E-state index in [9.17, 15) is 5.26 Å². The summed E-state index contributed by atoms with van der Waals surface area (Å²) in [5, 5.41) is 16.9. The van der Waals surface area contributed by atoms with Crippen molar-refractivity contribution in [1.82, 2.24) is 19.1 Å². The maximum absolute atomic E-state index is 9.37. The van der Waals surface area contributed by atoms with Crippen LogP contribution in [0.2, 0.25) is 0 Å². The number of nitriles is 1. The number of benzene rings is 2. The van der Waals surface area contributed by atoms with Crippen molar-refractivity contribution >= 4 is 33.8 Å². The molecule has 0 aliphatic carbocycles. The summed E-state index contributed by atoms with van der Waals surface area (Å²) in [6.07, 6.45) is 0. The van der Waals surface area contributed by atoms with E-state index in [0.717, 1.165) is 28.4 Å². The largest absolute Gasteiger partial charge is 0.243 e. The second-order valence-corrected chi connectivity index (χ2v) is 4.63. The van der Waals surface area contributed by atoms with E-state index in [1.165, 1.54) is 0 Å². The molecular formula is C13H4N5OS. The van der Waals surface area contributed by atoms with Crippen molar-refractivity contribution in [3.05, 3.63) is 35.9 Å². The molecule has 0 aliphatic rings. The van der Waals surface area contributed by atoms with Gasteiger partial charge in [-0.15, -0.1) is 0 Å². The first-order valence-corrected chi connectivity index (χ1v) is 6.40. The van der Waals surface area contributed by atoms with Gasteiger partial charge in [-0.05, 0) is 28.0 Å². The Bertz CT molecular complexity index is 981. The highest BCUT2D eigenvalue weighted by atomic mass is 32.1. The van der Waals surface area contributed by atoms with Gasteiger partial charge in [-0.2, -0.15) is 14.0 Å². The Balaban J connectivity index is 2.03. The predicted octanol–water partition coefficient (Wildman–Crippen LogP) is 2.57. The van der Waals surface area contributed by atoms with Gasteiger partial charge < -0.3 is 0 Å². The van der Waals surface area contributed by atoms with E-state index >= 15 is 0 Å². The fourth-order valence-corrected chi connectivity index (χ4v) is 2.57. The minimum Gasteiger partial charge on any atom is -0.243 e. The van der Waals surface area contributed by atoms with E-state index in [4.69, 9.17) is 0 Å². The molecule has 6 nitrogen and oxygen atoms in total. The Morgan fingerprint density at radius 2 is 2.00 bits per heavy atom. The van der Waals surface area contributed by atoms with Crippen molar-refractivity contribution in [2.24, 2.45) is 0 Å². The fourth-order valence-electron chi connectivity index (χ4n) is 2.07. The highest BCUT2D eigenvalue weighted by Crippen LogP contribution is 2.29. The van der Waals surface area contributed by atoms with Crippen LogP contribution >= 0.6 is 11.7 Å². The van der Waals surface area contributed by atoms with E-state index in [2.05, 4.69) is 35.8 Å². The molecule has 0 atom stereocenters. The van der Waals surface area contributed by atoms with Crippen molar-refractivity contribution in [3.8, 4) is 17.2 Å². The lowest BCUT2D eigenvalue weighted by Gasteiger charge is -2.03. The van der Waals surface area contributed by atoms with Gasteiger partial charge in [0.2, 0.25) is 0 Å². The first kappa shape index (κ1) is 11.0. The molecule has 0 bridgehead atoms. The Morgan fingerprint density at radius 1 is 1.10 bits per heavy atom. The second kappa shape index (κ2) is 4.08. The molecule has 0 aliphatic heterocycles. The fraction of sp³-hybridized carbons (Fsp3) is 0. The van der Waals surface area contributed by atoms with Crippen molar-refractivity contribution in [2.75, 3.05) is 0 Å². The van der Waals surface area contributed by atoms with E-state index in [0.29, 0.717) is 22.1 Å². The molecule has 93 valence electrons. The van der Waals surface area contributed by atoms with Crippen LogP contribution in [0.4, 0.5) is 0 Å². The quantitative estimate of drug-likeness (QED) is 0.531. The molecule has 0 saturated carbocycles. The molecule has 7 heteroatoms. The zero-order valence-electron chi connectivity index (χ0n) is 9.86. The van der Waals surface area contributed by atoms with Gasteiger partial charge in [-0.25, -0.2) is 4.63 Å². The molecule has 0 spiro atoms. The number of nitrogens with zero attached hydrogens (tertiary/aromatic N) is 5. The van der Waals surface area contributed by atoms with Crippen LogP contribution in [0, 0.1) is 17.4 Å². The highest BCUT2D eigenvalue weighted by molar-refractivity contribution is 7.00. The van der Waals surface area contributed by atoms with Gasteiger partial charge in [0.05, 0.1) is 17.3 Å². The Hall–Kier alpha value is -2.85. The van der Waals surface area contributed by atoms with Crippen LogP contribution in [0.25, 0.3) is 33.2 Å². The maximum Gasteiger partial charge on any atom is 0.153 e. The summed E-state index contributed by atoms with van der Waals surface area (Å²) >= 11 is 1.14. The zero-order valence-corrected chi connectivity index (χ0v) is 10.7. The van der Waals surface area contributed by atoms with E-state index in [-0.39, 0.29) is 0 Å². The first-order valence-electron chi connectivity index (χ1n) is 5.67. The number of aromatic nitrogens is 4. The van der Waals surface area contributed by atoms with E-state index in [1.807, 2.05) is 18.2 Å². The van der Waals surface area contributed by atoms with Crippen LogP contribution < -0.4 is 0 Å². The van der Waals surface area contributed by atoms with Gasteiger partial charge in [-0.1, -0.05) is 12.1 Å². The number of rotatable bonds is 1. The molecular weight excluding hydrogens is 274 g/mol. The minimum atomic E-state index is 0.419. The van der Waals surface area contributed by atoms with Crippen molar-refractivity contribution in [2.45, 2.75) is 0 Å². The van der Waals surface area contributed by atoms with Crippen molar-refractivity contribution in [3.63, 3.8) is 0 Å². The van der Waals surface area contributed by atoms with Crippen LogP contribution in [-0.4, -0.2) is 19.1 Å². The first-order chi connectivity index (χ1) is 9.86. The van der Waals surface area contributed by atoms with Gasteiger partial charge in [0.1, 0.15) is 22.6 Å². The normalized spacial score (nSPS) is 10.9. The number of fused-ring (bicyclic) bond motifs is 2. The lowest BCUT2D eigenvalue weighted by Crippen LogP contribution is -1.87. The third kappa shape index (κ3) is 1.49. The van der Waals surface area contributed by atoms with Gasteiger partial charge in [0.15, 0.2) is 5.52 Å². The average molecular weight is 278 g/mol. The maximum atomic E-state index is 9.37. The molecule has 4 aromatic rings. The van der Waals surface area contributed by atoms with Crippen molar-refractivity contribution in [1.29, 1.82) is 5.26 Å². The molecule has 20 heavy (non-hydrogen) atoms. The Kier molecular flexibility index (Phi) is 2.25. The van der Waals surface area contributed by atoms with E-state index < -0.39 is 0 Å². The summed E-state index contributed by atoms with van der Waals surface area (Å²) in [7, 11) is 0. The van der Waals surface area contributed by atoms with Crippen LogP contribution in [0.1, 0.15) is 5.56 Å². The molecule has 1 radical (unpaired) electrons. The molecule has 4 rings (SSSR count). The standard InChI is InChI=1S/C13H4N5OS/c14-6-9-8(2-4-11-13(9)16-19-15-11)7-1-3-10-12(5-7)18-20-17-10/h1-4H. The third-order valence-corrected chi connectivity index (χ3v) is 3.55. The second-order valence-electron chi connectivity index (χ2n) is 4.10. The van der Waals surface area contributed by atoms with Crippen LogP contribution in [-0.2, 0) is 0 Å². The summed E-state index contributed by atoms with van der Waals surface area (Å²) in [6.45, 7) is 0. The highest BCUT2D eigenvalue weighted by Gasteiger charge is 2.14. The monoisotopic (exact) mass is 278 g/mol. The molecule has 0 amide bonds. The topological polar surface area (TPSA) is 88.5 Å². The van der Waals surface area contributed by atoms with Crippen LogP contribution in [0.3, 0.4) is 0 Å². The molecule has 0 unspecified atom stereocenters.